The second-order valence-corrected chi connectivity index (χ2v) is 4.78. The minimum absolute atomic E-state index is 0.0191. The van der Waals surface area contributed by atoms with Crippen LogP contribution < -0.4 is 5.73 Å². The van der Waals surface area contributed by atoms with Crippen LogP contribution in [0.3, 0.4) is 0 Å². The third-order valence-corrected chi connectivity index (χ3v) is 3.37. The van der Waals surface area contributed by atoms with E-state index in [4.69, 9.17) is 5.73 Å². The van der Waals surface area contributed by atoms with Gasteiger partial charge >= 0.3 is 0 Å². The normalized spacial score (nSPS) is 26.1. The quantitative estimate of drug-likeness (QED) is 0.843. The zero-order valence-corrected chi connectivity index (χ0v) is 10.1. The standard InChI is InChI=1S/C11H13BrN2O/c1-14-10(15)6-9(13)11(14)7-2-4-8(12)5-3-7/h2-5,9,11H,6,13H2,1H3/t9-,11+/m0/s1. The first kappa shape index (κ1) is 10.6. The molecule has 0 spiro atoms. The third-order valence-electron chi connectivity index (χ3n) is 2.84. The van der Waals surface area contributed by atoms with Crippen LogP contribution >= 0.6 is 15.9 Å². The second-order valence-electron chi connectivity index (χ2n) is 3.87. The Morgan fingerprint density at radius 3 is 2.47 bits per heavy atom. The molecule has 1 aliphatic rings. The molecule has 1 aliphatic heterocycles. The van der Waals surface area contributed by atoms with Gasteiger partial charge in [0, 0.05) is 24.0 Å². The van der Waals surface area contributed by atoms with Crippen LogP contribution in [0.1, 0.15) is 18.0 Å². The number of likely N-dealkylation sites (tertiary alicyclic amines) is 1. The van der Waals surface area contributed by atoms with Crippen molar-refractivity contribution in [3.63, 3.8) is 0 Å². The maximum Gasteiger partial charge on any atom is 0.224 e. The SMILES string of the molecule is CN1C(=O)C[C@H](N)[C@H]1c1ccc(Br)cc1. The molecular formula is C11H13BrN2O. The van der Waals surface area contributed by atoms with Crippen molar-refractivity contribution in [3.05, 3.63) is 34.3 Å². The Balaban J connectivity index is 2.30. The summed E-state index contributed by atoms with van der Waals surface area (Å²) in [6, 6.07) is 7.87. The lowest BCUT2D eigenvalue weighted by Gasteiger charge is -2.23. The van der Waals surface area contributed by atoms with Crippen molar-refractivity contribution in [1.29, 1.82) is 0 Å². The fourth-order valence-corrected chi connectivity index (χ4v) is 2.29. The van der Waals surface area contributed by atoms with Crippen LogP contribution in [0.2, 0.25) is 0 Å². The summed E-state index contributed by atoms with van der Waals surface area (Å²) in [5.74, 6) is 0.121. The van der Waals surface area contributed by atoms with Gasteiger partial charge in [-0.05, 0) is 17.7 Å². The summed E-state index contributed by atoms with van der Waals surface area (Å²) in [4.78, 5) is 13.2. The maximum absolute atomic E-state index is 11.5. The van der Waals surface area contributed by atoms with Gasteiger partial charge in [0.2, 0.25) is 5.91 Å². The van der Waals surface area contributed by atoms with E-state index in [2.05, 4.69) is 15.9 Å². The van der Waals surface area contributed by atoms with Crippen molar-refractivity contribution < 1.29 is 4.79 Å². The predicted octanol–water partition coefficient (Wildman–Crippen LogP) is 1.68. The van der Waals surface area contributed by atoms with Crippen molar-refractivity contribution in [2.24, 2.45) is 5.73 Å². The molecule has 2 N–H and O–H groups in total. The van der Waals surface area contributed by atoms with E-state index in [1.807, 2.05) is 31.3 Å². The molecule has 80 valence electrons. The number of rotatable bonds is 1. The highest BCUT2D eigenvalue weighted by Gasteiger charge is 2.35. The van der Waals surface area contributed by atoms with Crippen molar-refractivity contribution >= 4 is 21.8 Å². The van der Waals surface area contributed by atoms with Crippen LogP contribution in [-0.2, 0) is 4.79 Å². The number of nitrogens with zero attached hydrogens (tertiary/aromatic N) is 1. The zero-order valence-electron chi connectivity index (χ0n) is 8.48. The van der Waals surface area contributed by atoms with Crippen molar-refractivity contribution in [3.8, 4) is 0 Å². The number of likely N-dealkylation sites (N-methyl/N-ethyl adjacent to an activating group) is 1. The Bertz CT molecular complexity index is 377. The number of hydrogen-bond donors (Lipinski definition) is 1. The van der Waals surface area contributed by atoms with E-state index in [1.165, 1.54) is 0 Å². The number of hydrogen-bond acceptors (Lipinski definition) is 2. The predicted molar refractivity (Wildman–Crippen MR) is 62.2 cm³/mol. The molecule has 1 saturated heterocycles. The lowest BCUT2D eigenvalue weighted by atomic mass is 10.0. The van der Waals surface area contributed by atoms with Crippen molar-refractivity contribution in [1.82, 2.24) is 4.90 Å². The summed E-state index contributed by atoms with van der Waals surface area (Å²) in [6.07, 6.45) is 0.442. The number of nitrogens with two attached hydrogens (primary N) is 1. The molecule has 0 bridgehead atoms. The number of carbonyl (C=O) groups is 1. The molecule has 1 aromatic rings. The topological polar surface area (TPSA) is 46.3 Å². The van der Waals surface area contributed by atoms with Gasteiger partial charge in [-0.25, -0.2) is 0 Å². The van der Waals surface area contributed by atoms with E-state index in [0.29, 0.717) is 6.42 Å². The van der Waals surface area contributed by atoms with Gasteiger partial charge in [0.1, 0.15) is 0 Å². The molecule has 1 amide bonds. The highest BCUT2D eigenvalue weighted by molar-refractivity contribution is 9.10. The Kier molecular flexibility index (Phi) is 2.80. The first-order chi connectivity index (χ1) is 7.09. The van der Waals surface area contributed by atoms with Gasteiger partial charge in [0.25, 0.3) is 0 Å². The third kappa shape index (κ3) is 1.92. The summed E-state index contributed by atoms with van der Waals surface area (Å²) in [6.45, 7) is 0. The molecule has 0 saturated carbocycles. The van der Waals surface area contributed by atoms with E-state index < -0.39 is 0 Å². The molecule has 2 rings (SSSR count). The molecule has 0 unspecified atom stereocenters. The van der Waals surface area contributed by atoms with Gasteiger partial charge in [0.05, 0.1) is 6.04 Å². The Morgan fingerprint density at radius 2 is 2.00 bits per heavy atom. The van der Waals surface area contributed by atoms with Crippen LogP contribution in [0.15, 0.2) is 28.7 Å². The van der Waals surface area contributed by atoms with E-state index in [9.17, 15) is 4.79 Å². The largest absolute Gasteiger partial charge is 0.337 e. The van der Waals surface area contributed by atoms with Gasteiger partial charge in [-0.1, -0.05) is 28.1 Å². The van der Waals surface area contributed by atoms with Crippen molar-refractivity contribution in [2.45, 2.75) is 18.5 Å². The molecule has 0 radical (unpaired) electrons. The van der Waals surface area contributed by atoms with Crippen LogP contribution in [0, 0.1) is 0 Å². The summed E-state index contributed by atoms with van der Waals surface area (Å²) in [7, 11) is 1.81. The van der Waals surface area contributed by atoms with E-state index in [1.54, 1.807) is 4.90 Å². The summed E-state index contributed by atoms with van der Waals surface area (Å²) in [5, 5.41) is 0. The molecule has 4 heteroatoms. The first-order valence-corrected chi connectivity index (χ1v) is 5.65. The van der Waals surface area contributed by atoms with Gasteiger partial charge in [0.15, 0.2) is 0 Å². The summed E-state index contributed by atoms with van der Waals surface area (Å²) in [5.41, 5.74) is 7.05. The van der Waals surface area contributed by atoms with Crippen LogP contribution in [-0.4, -0.2) is 23.9 Å². The molecule has 1 fully saturated rings. The molecule has 1 aromatic carbocycles. The molecule has 0 aliphatic carbocycles. The zero-order chi connectivity index (χ0) is 11.0. The molecule has 15 heavy (non-hydrogen) atoms. The van der Waals surface area contributed by atoms with Gasteiger partial charge in [-0.2, -0.15) is 0 Å². The number of benzene rings is 1. The van der Waals surface area contributed by atoms with E-state index in [0.717, 1.165) is 10.0 Å². The van der Waals surface area contributed by atoms with E-state index >= 15 is 0 Å². The molecule has 2 atom stereocenters. The number of amides is 1. The minimum atomic E-state index is -0.0938. The highest BCUT2D eigenvalue weighted by Crippen LogP contribution is 2.30. The molecular weight excluding hydrogens is 256 g/mol. The average Bonchev–Trinajstić information content (AvgIpc) is 2.44. The fraction of sp³-hybridized carbons (Fsp3) is 0.364. The van der Waals surface area contributed by atoms with E-state index in [-0.39, 0.29) is 18.0 Å². The lowest BCUT2D eigenvalue weighted by molar-refractivity contribution is -0.127. The fourth-order valence-electron chi connectivity index (χ4n) is 2.03. The van der Waals surface area contributed by atoms with Crippen LogP contribution in [0.4, 0.5) is 0 Å². The molecule has 3 nitrogen and oxygen atoms in total. The van der Waals surface area contributed by atoms with Gasteiger partial charge in [-0.3, -0.25) is 4.79 Å². The lowest BCUT2D eigenvalue weighted by Crippen LogP contribution is -2.30. The first-order valence-electron chi connectivity index (χ1n) is 4.86. The van der Waals surface area contributed by atoms with Gasteiger partial charge in [-0.15, -0.1) is 0 Å². The average molecular weight is 269 g/mol. The van der Waals surface area contributed by atoms with Crippen LogP contribution in [0.5, 0.6) is 0 Å². The Labute approximate surface area is 97.4 Å². The second kappa shape index (κ2) is 3.94. The number of halogens is 1. The summed E-state index contributed by atoms with van der Waals surface area (Å²) >= 11 is 3.38. The molecule has 1 heterocycles. The minimum Gasteiger partial charge on any atom is -0.337 e. The molecule has 0 aromatic heterocycles. The maximum atomic E-state index is 11.5. The van der Waals surface area contributed by atoms with Crippen LogP contribution in [0.25, 0.3) is 0 Å². The Hall–Kier alpha value is -0.870. The smallest absolute Gasteiger partial charge is 0.224 e. The monoisotopic (exact) mass is 268 g/mol. The van der Waals surface area contributed by atoms with Gasteiger partial charge < -0.3 is 10.6 Å². The van der Waals surface area contributed by atoms with Crippen molar-refractivity contribution in [2.75, 3.05) is 7.05 Å². The highest BCUT2D eigenvalue weighted by atomic mass is 79.9. The Morgan fingerprint density at radius 1 is 1.40 bits per heavy atom. The summed E-state index contributed by atoms with van der Waals surface area (Å²) < 4.78 is 1.03. The number of carbonyl (C=O) groups excluding carboxylic acids is 1.